The summed E-state index contributed by atoms with van der Waals surface area (Å²) >= 11 is 0. The maximum Gasteiger partial charge on any atom is 0.325 e. The molecule has 1 aromatic heterocycles. The van der Waals surface area contributed by atoms with Crippen molar-refractivity contribution in [3.63, 3.8) is 0 Å². The first-order chi connectivity index (χ1) is 21.2. The first kappa shape index (κ1) is 31.5. The number of aromatic nitrogens is 1. The van der Waals surface area contributed by atoms with Crippen LogP contribution in [0.2, 0.25) is 0 Å². The Labute approximate surface area is 262 Å². The van der Waals surface area contributed by atoms with E-state index in [0.29, 0.717) is 26.4 Å². The van der Waals surface area contributed by atoms with Gasteiger partial charge in [-0.05, 0) is 85.7 Å². The van der Waals surface area contributed by atoms with Gasteiger partial charge in [0.2, 0.25) is 0 Å². The minimum absolute atomic E-state index is 0.0307. The molecule has 1 saturated carbocycles. The van der Waals surface area contributed by atoms with Crippen LogP contribution in [-0.2, 0) is 37.4 Å². The second-order valence-corrected chi connectivity index (χ2v) is 14.3. The fourth-order valence-corrected chi connectivity index (χ4v) is 8.20. The Hall–Kier alpha value is -2.52. The number of nitrogens with zero attached hydrogens (tertiary/aromatic N) is 2. The van der Waals surface area contributed by atoms with Gasteiger partial charge in [0, 0.05) is 56.9 Å². The number of anilines is 1. The quantitative estimate of drug-likeness (QED) is 0.308. The Balaban J connectivity index is 1.10. The van der Waals surface area contributed by atoms with Crippen molar-refractivity contribution in [1.82, 2.24) is 9.88 Å². The maximum absolute atomic E-state index is 13.0. The molecule has 0 radical (unpaired) electrons. The lowest BCUT2D eigenvalue weighted by Gasteiger charge is -2.45. The lowest BCUT2D eigenvalue weighted by atomic mass is 9.75. The summed E-state index contributed by atoms with van der Waals surface area (Å²) in [4.78, 5) is 20.0. The molecule has 44 heavy (non-hydrogen) atoms. The molecule has 3 aliphatic heterocycles. The van der Waals surface area contributed by atoms with E-state index >= 15 is 0 Å². The van der Waals surface area contributed by atoms with Crippen LogP contribution in [0.25, 0.3) is 0 Å². The van der Waals surface area contributed by atoms with Crippen LogP contribution in [0, 0.1) is 5.41 Å². The second kappa shape index (κ2) is 13.1. The molecular formula is C36H51N3O5. The van der Waals surface area contributed by atoms with Gasteiger partial charge in [-0.2, -0.15) is 0 Å². The van der Waals surface area contributed by atoms with E-state index in [-0.39, 0.29) is 29.1 Å². The number of nitrogens with one attached hydrogen (secondary N) is 1. The highest BCUT2D eigenvalue weighted by Crippen LogP contribution is 2.48. The molecule has 1 saturated heterocycles. The molecule has 1 spiro atoms. The zero-order valence-corrected chi connectivity index (χ0v) is 27.1. The summed E-state index contributed by atoms with van der Waals surface area (Å²) in [5, 5.41) is 14.1. The minimum Gasteiger partial charge on any atom is -0.480 e. The molecule has 4 atom stereocenters. The van der Waals surface area contributed by atoms with Crippen LogP contribution in [0.15, 0.2) is 30.3 Å². The van der Waals surface area contributed by atoms with E-state index in [0.717, 1.165) is 86.1 Å². The molecule has 6 rings (SSSR count). The minimum atomic E-state index is -0.797. The lowest BCUT2D eigenvalue weighted by Crippen LogP contribution is -2.43. The summed E-state index contributed by atoms with van der Waals surface area (Å²) in [6.07, 6.45) is 8.71. The highest BCUT2D eigenvalue weighted by Gasteiger charge is 2.47. The third-order valence-electron chi connectivity index (χ3n) is 10.8. The van der Waals surface area contributed by atoms with Gasteiger partial charge in [-0.1, -0.05) is 45.0 Å². The largest absolute Gasteiger partial charge is 0.480 e. The first-order valence-electron chi connectivity index (χ1n) is 16.8. The number of carboxylic acid groups (broad SMARTS) is 1. The molecule has 1 aliphatic carbocycles. The summed E-state index contributed by atoms with van der Waals surface area (Å²) in [6.45, 7) is 10.4. The number of aryl methyl sites for hydroxylation is 2. The van der Waals surface area contributed by atoms with E-state index < -0.39 is 12.0 Å². The van der Waals surface area contributed by atoms with Crippen molar-refractivity contribution in [3.05, 3.63) is 58.3 Å². The van der Waals surface area contributed by atoms with Crippen molar-refractivity contribution in [2.24, 2.45) is 5.41 Å². The zero-order valence-electron chi connectivity index (χ0n) is 27.1. The van der Waals surface area contributed by atoms with Gasteiger partial charge in [-0.25, -0.2) is 4.98 Å². The number of pyridine rings is 1. The molecule has 0 amide bonds. The fourth-order valence-electron chi connectivity index (χ4n) is 8.20. The fraction of sp³-hybridized carbons (Fsp3) is 0.667. The van der Waals surface area contributed by atoms with Gasteiger partial charge in [0.1, 0.15) is 11.9 Å². The van der Waals surface area contributed by atoms with E-state index in [4.69, 9.17) is 19.2 Å². The van der Waals surface area contributed by atoms with Gasteiger partial charge in [0.05, 0.1) is 18.3 Å². The number of carbonyl (C=O) groups is 1. The van der Waals surface area contributed by atoms with Crippen molar-refractivity contribution >= 4 is 11.8 Å². The summed E-state index contributed by atoms with van der Waals surface area (Å²) in [5.74, 6) is 0.400. The molecule has 4 aliphatic rings. The molecular weight excluding hydrogens is 554 g/mol. The maximum atomic E-state index is 13.0. The molecule has 4 heterocycles. The Kier molecular flexibility index (Phi) is 9.35. The predicted octanol–water partition coefficient (Wildman–Crippen LogP) is 6.23. The molecule has 0 unspecified atom stereocenters. The van der Waals surface area contributed by atoms with Crippen LogP contribution in [0.4, 0.5) is 5.82 Å². The van der Waals surface area contributed by atoms with Crippen molar-refractivity contribution < 1.29 is 24.1 Å². The van der Waals surface area contributed by atoms with E-state index in [1.165, 1.54) is 12.0 Å². The van der Waals surface area contributed by atoms with Gasteiger partial charge < -0.3 is 24.6 Å². The van der Waals surface area contributed by atoms with Crippen molar-refractivity contribution in [1.29, 1.82) is 0 Å². The summed E-state index contributed by atoms with van der Waals surface area (Å²) < 4.78 is 18.7. The number of likely N-dealkylation sites (N-methyl/N-ethyl adjacent to an activating group) is 1. The second-order valence-electron chi connectivity index (χ2n) is 14.3. The van der Waals surface area contributed by atoms with Crippen LogP contribution >= 0.6 is 0 Å². The SMILES string of the molecule is C[C@@H]1COC2(CCOCC2)c2cccc([C@@H](C(=O)O)N(C)[C@H]3C[C@H](OCCCCc4ccc5c(n4)NCCC5)C(C)(C)C3)c21. The van der Waals surface area contributed by atoms with Gasteiger partial charge in [0.15, 0.2) is 0 Å². The monoisotopic (exact) mass is 605 g/mol. The molecule has 2 aromatic rings. The number of benzene rings is 1. The third kappa shape index (κ3) is 6.28. The summed E-state index contributed by atoms with van der Waals surface area (Å²) in [6, 6.07) is 10.0. The number of hydrogen-bond donors (Lipinski definition) is 2. The van der Waals surface area contributed by atoms with Crippen molar-refractivity contribution in [2.75, 3.05) is 45.3 Å². The van der Waals surface area contributed by atoms with Gasteiger partial charge >= 0.3 is 5.97 Å². The van der Waals surface area contributed by atoms with E-state index in [1.54, 1.807) is 0 Å². The standard InChI is InChI=1S/C36H51N3O5/c1-24-23-44-36(15-19-42-20-16-36)29-12-7-11-28(31(24)29)32(34(40)41)39(4)27-21-30(35(2,3)22-27)43-18-6-5-10-26-14-13-25-9-8-17-37-33(25)38-26/h7,11-14,24,27,30,32H,5-6,8-10,15-23H2,1-4H3,(H,37,38)(H,40,41)/t24-,27+,30+,32+/m1/s1. The zero-order chi connectivity index (χ0) is 30.9. The average Bonchev–Trinajstić information content (AvgIpc) is 3.33. The molecule has 240 valence electrons. The first-order valence-corrected chi connectivity index (χ1v) is 16.8. The number of hydrogen-bond acceptors (Lipinski definition) is 7. The van der Waals surface area contributed by atoms with Crippen LogP contribution < -0.4 is 5.32 Å². The van der Waals surface area contributed by atoms with Gasteiger partial charge in [-0.3, -0.25) is 9.69 Å². The highest BCUT2D eigenvalue weighted by atomic mass is 16.5. The number of ether oxygens (including phenoxy) is 3. The van der Waals surface area contributed by atoms with Crippen molar-refractivity contribution in [3.8, 4) is 0 Å². The van der Waals surface area contributed by atoms with Crippen LogP contribution in [0.5, 0.6) is 0 Å². The molecule has 8 heteroatoms. The Morgan fingerprint density at radius 1 is 1.20 bits per heavy atom. The van der Waals surface area contributed by atoms with Crippen LogP contribution in [-0.4, -0.2) is 73.1 Å². The lowest BCUT2D eigenvalue weighted by molar-refractivity contribution is -0.144. The summed E-state index contributed by atoms with van der Waals surface area (Å²) in [5.41, 5.74) is 5.30. The number of carboxylic acids is 1. The topological polar surface area (TPSA) is 93.2 Å². The molecule has 8 nitrogen and oxygen atoms in total. The normalized spacial score (nSPS) is 26.2. The van der Waals surface area contributed by atoms with E-state index in [2.05, 4.69) is 49.2 Å². The van der Waals surface area contributed by atoms with Crippen LogP contribution in [0.3, 0.4) is 0 Å². The van der Waals surface area contributed by atoms with E-state index in [9.17, 15) is 9.90 Å². The Morgan fingerprint density at radius 2 is 2.02 bits per heavy atom. The summed E-state index contributed by atoms with van der Waals surface area (Å²) in [7, 11) is 2.00. The predicted molar refractivity (Wildman–Crippen MR) is 171 cm³/mol. The number of rotatable bonds is 10. The Morgan fingerprint density at radius 3 is 2.82 bits per heavy atom. The number of fused-ring (bicyclic) bond motifs is 3. The molecule has 1 aromatic carbocycles. The van der Waals surface area contributed by atoms with Crippen molar-refractivity contribution in [2.45, 2.75) is 108 Å². The molecule has 2 fully saturated rings. The average molecular weight is 606 g/mol. The smallest absolute Gasteiger partial charge is 0.325 e. The highest BCUT2D eigenvalue weighted by molar-refractivity contribution is 5.76. The molecule has 0 bridgehead atoms. The third-order valence-corrected chi connectivity index (χ3v) is 10.8. The van der Waals surface area contributed by atoms with E-state index in [1.807, 2.05) is 19.2 Å². The van der Waals surface area contributed by atoms with Crippen LogP contribution in [0.1, 0.15) is 106 Å². The molecule has 2 N–H and O–H groups in total. The number of unbranched alkanes of at least 4 members (excludes halogenated alkanes) is 1. The van der Waals surface area contributed by atoms with Gasteiger partial charge in [-0.15, -0.1) is 0 Å². The Bertz CT molecular complexity index is 1320. The number of aliphatic carboxylic acids is 1. The van der Waals surface area contributed by atoms with Gasteiger partial charge in [0.25, 0.3) is 0 Å².